The van der Waals surface area contributed by atoms with E-state index < -0.39 is 5.97 Å². The smallest absolute Gasteiger partial charge is 0.307 e. The van der Waals surface area contributed by atoms with Crippen molar-refractivity contribution >= 4 is 23.5 Å². The van der Waals surface area contributed by atoms with Gasteiger partial charge in [-0.1, -0.05) is 55.8 Å². The number of carbonyl (C=O) groups is 2. The molecule has 34 heavy (non-hydrogen) atoms. The van der Waals surface area contributed by atoms with Crippen LogP contribution in [-0.2, 0) is 24.1 Å². The molecule has 5 heteroatoms. The second-order valence-corrected chi connectivity index (χ2v) is 9.42. The van der Waals surface area contributed by atoms with Crippen molar-refractivity contribution in [2.24, 2.45) is 0 Å². The first-order chi connectivity index (χ1) is 16.5. The summed E-state index contributed by atoms with van der Waals surface area (Å²) < 4.78 is 6.07. The van der Waals surface area contributed by atoms with E-state index in [4.69, 9.17) is 9.84 Å². The van der Waals surface area contributed by atoms with Gasteiger partial charge in [0.1, 0.15) is 5.75 Å². The molecule has 0 saturated carbocycles. The maximum atomic E-state index is 12.7. The Morgan fingerprint density at radius 2 is 1.71 bits per heavy atom. The molecule has 3 aromatic rings. The van der Waals surface area contributed by atoms with Gasteiger partial charge in [-0.3, -0.25) is 9.59 Å². The fraction of sp³-hybridized carbons (Fsp3) is 0.310. The summed E-state index contributed by atoms with van der Waals surface area (Å²) in [6.45, 7) is 2.72. The lowest BCUT2D eigenvalue weighted by atomic mass is 9.99. The Balaban J connectivity index is 1.49. The first-order valence-electron chi connectivity index (χ1n) is 11.8. The van der Waals surface area contributed by atoms with E-state index in [1.807, 2.05) is 60.7 Å². The SMILES string of the molecule is CCCc1cc(C(=O)CCc2ccccc2)ccc1OCCCSc1cccc(CC(=O)O)c1. The first kappa shape index (κ1) is 25.6. The summed E-state index contributed by atoms with van der Waals surface area (Å²) in [4.78, 5) is 24.7. The van der Waals surface area contributed by atoms with Crippen molar-refractivity contribution in [3.8, 4) is 5.75 Å². The molecule has 0 spiro atoms. The van der Waals surface area contributed by atoms with E-state index >= 15 is 0 Å². The molecule has 0 aromatic heterocycles. The maximum Gasteiger partial charge on any atom is 0.307 e. The lowest BCUT2D eigenvalue weighted by Crippen LogP contribution is -2.05. The van der Waals surface area contributed by atoms with Gasteiger partial charge >= 0.3 is 5.97 Å². The van der Waals surface area contributed by atoms with Crippen LogP contribution >= 0.6 is 11.8 Å². The average Bonchev–Trinajstić information content (AvgIpc) is 2.84. The van der Waals surface area contributed by atoms with Crippen LogP contribution in [0.3, 0.4) is 0 Å². The van der Waals surface area contributed by atoms with Crippen LogP contribution in [0, 0.1) is 0 Å². The molecule has 3 aromatic carbocycles. The molecule has 0 aliphatic carbocycles. The standard InChI is InChI=1S/C29H32O4S/c1-2-8-25-21-24(27(30)15-13-22-9-4-3-5-10-22)14-16-28(25)33-17-7-18-34-26-12-6-11-23(19-26)20-29(31)32/h3-6,9-12,14,16,19,21H,2,7-8,13,15,17-18,20H2,1H3,(H,31,32). The van der Waals surface area contributed by atoms with Crippen LogP contribution in [0.15, 0.2) is 77.7 Å². The fourth-order valence-corrected chi connectivity index (χ4v) is 4.66. The highest BCUT2D eigenvalue weighted by atomic mass is 32.2. The molecular formula is C29H32O4S. The summed E-state index contributed by atoms with van der Waals surface area (Å²) in [5.74, 6) is 1.09. The summed E-state index contributed by atoms with van der Waals surface area (Å²) in [5.41, 5.74) is 3.83. The molecule has 178 valence electrons. The minimum atomic E-state index is -0.817. The normalized spacial score (nSPS) is 10.7. The molecule has 1 N–H and O–H groups in total. The summed E-state index contributed by atoms with van der Waals surface area (Å²) in [7, 11) is 0. The molecular weight excluding hydrogens is 444 g/mol. The number of carbonyl (C=O) groups excluding carboxylic acids is 1. The van der Waals surface area contributed by atoms with Gasteiger partial charge in [-0.25, -0.2) is 0 Å². The molecule has 0 amide bonds. The average molecular weight is 477 g/mol. The highest BCUT2D eigenvalue weighted by molar-refractivity contribution is 7.99. The topological polar surface area (TPSA) is 63.6 Å². The Morgan fingerprint density at radius 3 is 2.47 bits per heavy atom. The van der Waals surface area contributed by atoms with Gasteiger partial charge in [0, 0.05) is 22.6 Å². The highest BCUT2D eigenvalue weighted by Crippen LogP contribution is 2.24. The van der Waals surface area contributed by atoms with E-state index in [0.717, 1.165) is 58.8 Å². The Kier molecular flexibility index (Phi) is 10.2. The lowest BCUT2D eigenvalue weighted by molar-refractivity contribution is -0.136. The van der Waals surface area contributed by atoms with Crippen LogP contribution in [0.25, 0.3) is 0 Å². The second-order valence-electron chi connectivity index (χ2n) is 8.25. The van der Waals surface area contributed by atoms with Crippen molar-refractivity contribution in [3.05, 3.63) is 95.1 Å². The maximum absolute atomic E-state index is 12.7. The molecule has 0 aliphatic rings. The third-order valence-corrected chi connectivity index (χ3v) is 6.53. The first-order valence-corrected chi connectivity index (χ1v) is 12.8. The van der Waals surface area contributed by atoms with Gasteiger partial charge in [-0.2, -0.15) is 0 Å². The quantitative estimate of drug-likeness (QED) is 0.160. The van der Waals surface area contributed by atoms with Crippen molar-refractivity contribution in [2.45, 2.75) is 50.3 Å². The predicted molar refractivity (Wildman–Crippen MR) is 138 cm³/mol. The summed E-state index contributed by atoms with van der Waals surface area (Å²) in [6.07, 6.45) is 4.03. The Bertz CT molecular complexity index is 1080. The lowest BCUT2D eigenvalue weighted by Gasteiger charge is -2.13. The van der Waals surface area contributed by atoms with E-state index in [1.54, 1.807) is 11.8 Å². The number of carboxylic acids is 1. The third kappa shape index (κ3) is 8.38. The monoisotopic (exact) mass is 476 g/mol. The van der Waals surface area contributed by atoms with Gasteiger partial charge in [-0.15, -0.1) is 11.8 Å². The number of ketones is 1. The van der Waals surface area contributed by atoms with Crippen LogP contribution in [0.4, 0.5) is 0 Å². The number of thioether (sulfide) groups is 1. The van der Waals surface area contributed by atoms with E-state index in [-0.39, 0.29) is 12.2 Å². The zero-order valence-corrected chi connectivity index (χ0v) is 20.5. The molecule has 0 aliphatic heterocycles. The van der Waals surface area contributed by atoms with E-state index in [1.165, 1.54) is 5.56 Å². The number of hydrogen-bond acceptors (Lipinski definition) is 4. The molecule has 0 fully saturated rings. The van der Waals surface area contributed by atoms with Crippen LogP contribution in [0.2, 0.25) is 0 Å². The number of benzene rings is 3. The number of ether oxygens (including phenoxy) is 1. The van der Waals surface area contributed by atoms with Crippen molar-refractivity contribution in [3.63, 3.8) is 0 Å². The van der Waals surface area contributed by atoms with Gasteiger partial charge in [0.05, 0.1) is 13.0 Å². The molecule has 0 heterocycles. The van der Waals surface area contributed by atoms with Crippen LogP contribution < -0.4 is 4.74 Å². The molecule has 0 bridgehead atoms. The molecule has 0 radical (unpaired) electrons. The number of rotatable bonds is 14. The summed E-state index contributed by atoms with van der Waals surface area (Å²) in [5, 5.41) is 8.95. The van der Waals surface area contributed by atoms with E-state index in [2.05, 4.69) is 19.1 Å². The van der Waals surface area contributed by atoms with Crippen LogP contribution in [0.1, 0.15) is 53.2 Å². The fourth-order valence-electron chi connectivity index (χ4n) is 3.76. The van der Waals surface area contributed by atoms with Crippen molar-refractivity contribution in [2.75, 3.05) is 12.4 Å². The molecule has 3 rings (SSSR count). The number of aliphatic carboxylic acids is 1. The Labute approximate surface area is 206 Å². The van der Waals surface area contributed by atoms with E-state index in [9.17, 15) is 9.59 Å². The largest absolute Gasteiger partial charge is 0.493 e. The molecule has 0 atom stereocenters. The molecule has 0 unspecified atom stereocenters. The second kappa shape index (κ2) is 13.6. The Morgan fingerprint density at radius 1 is 0.912 bits per heavy atom. The third-order valence-electron chi connectivity index (χ3n) is 5.45. The Hall–Kier alpha value is -3.05. The summed E-state index contributed by atoms with van der Waals surface area (Å²) >= 11 is 1.70. The number of carboxylic acid groups (broad SMARTS) is 1. The number of aryl methyl sites for hydroxylation is 2. The van der Waals surface area contributed by atoms with Gasteiger partial charge in [0.2, 0.25) is 0 Å². The minimum absolute atomic E-state index is 0.0441. The number of hydrogen-bond donors (Lipinski definition) is 1. The zero-order chi connectivity index (χ0) is 24.2. The van der Waals surface area contributed by atoms with Gasteiger partial charge in [0.25, 0.3) is 0 Å². The minimum Gasteiger partial charge on any atom is -0.493 e. The van der Waals surface area contributed by atoms with Gasteiger partial charge < -0.3 is 9.84 Å². The molecule has 0 saturated heterocycles. The van der Waals surface area contributed by atoms with Gasteiger partial charge in [0.15, 0.2) is 5.78 Å². The predicted octanol–water partition coefficient (Wildman–Crippen LogP) is 6.64. The zero-order valence-electron chi connectivity index (χ0n) is 19.7. The van der Waals surface area contributed by atoms with Crippen LogP contribution in [0.5, 0.6) is 5.75 Å². The highest BCUT2D eigenvalue weighted by Gasteiger charge is 2.11. The molecule has 4 nitrogen and oxygen atoms in total. The number of Topliss-reactive ketones (excluding diaryl/α,β-unsaturated/α-hetero) is 1. The van der Waals surface area contributed by atoms with Crippen molar-refractivity contribution in [1.29, 1.82) is 0 Å². The van der Waals surface area contributed by atoms with Crippen LogP contribution in [-0.4, -0.2) is 29.2 Å². The van der Waals surface area contributed by atoms with Crippen molar-refractivity contribution in [1.82, 2.24) is 0 Å². The van der Waals surface area contributed by atoms with E-state index in [0.29, 0.717) is 13.0 Å². The summed E-state index contributed by atoms with van der Waals surface area (Å²) in [6, 6.07) is 23.6. The van der Waals surface area contributed by atoms with Crippen molar-refractivity contribution < 1.29 is 19.4 Å². The van der Waals surface area contributed by atoms with Gasteiger partial charge in [-0.05, 0) is 66.3 Å².